The number of rotatable bonds is 4. The summed E-state index contributed by atoms with van der Waals surface area (Å²) in [5.41, 5.74) is 0. The number of hydrogen-bond donors (Lipinski definition) is 1. The molecule has 98 valence electrons. The highest BCUT2D eigenvalue weighted by Crippen LogP contribution is 2.32. The summed E-state index contributed by atoms with van der Waals surface area (Å²) < 4.78 is 12.9. The van der Waals surface area contributed by atoms with E-state index in [0.29, 0.717) is 12.0 Å². The van der Waals surface area contributed by atoms with Crippen molar-refractivity contribution in [2.45, 2.75) is 31.7 Å². The molecule has 1 aliphatic carbocycles. The van der Waals surface area contributed by atoms with Gasteiger partial charge in [0, 0.05) is 12.6 Å². The topological polar surface area (TPSA) is 28.2 Å². The van der Waals surface area contributed by atoms with E-state index in [4.69, 9.17) is 0 Å². The van der Waals surface area contributed by atoms with Crippen molar-refractivity contribution in [1.29, 1.82) is 0 Å². The van der Waals surface area contributed by atoms with Crippen LogP contribution in [0, 0.1) is 11.7 Å². The summed E-state index contributed by atoms with van der Waals surface area (Å²) in [5.74, 6) is 1.38. The third-order valence-electron chi connectivity index (χ3n) is 3.85. The lowest BCUT2D eigenvalue weighted by Gasteiger charge is -2.31. The average Bonchev–Trinajstić information content (AvgIpc) is 3.23. The number of nitrogens with zero attached hydrogens (tertiary/aromatic N) is 2. The average molecular weight is 249 g/mol. The molecule has 1 unspecified atom stereocenters. The second kappa shape index (κ2) is 5.22. The van der Waals surface area contributed by atoms with Gasteiger partial charge in [0.2, 0.25) is 0 Å². The maximum absolute atomic E-state index is 12.9. The molecule has 1 saturated heterocycles. The molecule has 18 heavy (non-hydrogen) atoms. The van der Waals surface area contributed by atoms with E-state index in [9.17, 15) is 4.39 Å². The van der Waals surface area contributed by atoms with E-state index in [1.165, 1.54) is 37.9 Å². The number of anilines is 1. The van der Waals surface area contributed by atoms with Gasteiger partial charge in [0.05, 0.1) is 6.20 Å². The monoisotopic (exact) mass is 249 g/mol. The van der Waals surface area contributed by atoms with Crippen molar-refractivity contribution in [3.63, 3.8) is 0 Å². The van der Waals surface area contributed by atoms with Crippen LogP contribution < -0.4 is 10.2 Å². The van der Waals surface area contributed by atoms with Gasteiger partial charge in [-0.25, -0.2) is 9.37 Å². The summed E-state index contributed by atoms with van der Waals surface area (Å²) in [7, 11) is 0. The number of halogens is 1. The minimum Gasteiger partial charge on any atom is -0.353 e. The highest BCUT2D eigenvalue weighted by Gasteiger charge is 2.31. The van der Waals surface area contributed by atoms with Crippen molar-refractivity contribution >= 4 is 5.82 Å². The van der Waals surface area contributed by atoms with Crippen LogP contribution in [0.15, 0.2) is 18.3 Å². The van der Waals surface area contributed by atoms with Gasteiger partial charge in [0.1, 0.15) is 11.6 Å². The fraction of sp³-hybridized carbons (Fsp3) is 0.643. The van der Waals surface area contributed by atoms with E-state index in [1.807, 2.05) is 6.07 Å². The zero-order valence-corrected chi connectivity index (χ0v) is 10.6. The summed E-state index contributed by atoms with van der Waals surface area (Å²) in [5, 5.41) is 3.45. The highest BCUT2D eigenvalue weighted by molar-refractivity contribution is 5.41. The zero-order valence-electron chi connectivity index (χ0n) is 10.6. The van der Waals surface area contributed by atoms with E-state index >= 15 is 0 Å². The molecular weight excluding hydrogens is 229 g/mol. The van der Waals surface area contributed by atoms with Crippen molar-refractivity contribution in [3.05, 3.63) is 24.1 Å². The first-order chi connectivity index (χ1) is 8.83. The van der Waals surface area contributed by atoms with Crippen molar-refractivity contribution in [2.24, 2.45) is 5.92 Å². The number of hydrogen-bond acceptors (Lipinski definition) is 3. The predicted octanol–water partition coefficient (Wildman–Crippen LogP) is 2.19. The number of piperidine rings is 1. The Balaban J connectivity index is 1.69. The molecule has 0 radical (unpaired) electrons. The molecule has 4 heteroatoms. The maximum Gasteiger partial charge on any atom is 0.141 e. The van der Waals surface area contributed by atoms with Crippen LogP contribution >= 0.6 is 0 Å². The normalized spacial score (nSPS) is 23.9. The first kappa shape index (κ1) is 11.9. The van der Waals surface area contributed by atoms with Crippen LogP contribution in [0.2, 0.25) is 0 Å². The second-order valence-corrected chi connectivity index (χ2v) is 5.43. The number of aromatic nitrogens is 1. The second-order valence-electron chi connectivity index (χ2n) is 5.43. The first-order valence-corrected chi connectivity index (χ1v) is 6.92. The predicted molar refractivity (Wildman–Crippen MR) is 70.2 cm³/mol. The molecule has 0 amide bonds. The molecule has 0 spiro atoms. The molecule has 3 rings (SSSR count). The smallest absolute Gasteiger partial charge is 0.141 e. The van der Waals surface area contributed by atoms with E-state index in [1.54, 1.807) is 0 Å². The van der Waals surface area contributed by atoms with Crippen LogP contribution in [-0.4, -0.2) is 30.7 Å². The lowest BCUT2D eigenvalue weighted by atomic mass is 9.99. The number of nitrogens with one attached hydrogen (secondary N) is 1. The van der Waals surface area contributed by atoms with Gasteiger partial charge in [-0.1, -0.05) is 0 Å². The zero-order chi connectivity index (χ0) is 12.4. The quantitative estimate of drug-likeness (QED) is 0.886. The van der Waals surface area contributed by atoms with Crippen LogP contribution in [0.3, 0.4) is 0 Å². The van der Waals surface area contributed by atoms with Crippen molar-refractivity contribution < 1.29 is 4.39 Å². The molecule has 2 aliphatic rings. The van der Waals surface area contributed by atoms with Crippen molar-refractivity contribution in [1.82, 2.24) is 10.3 Å². The lowest BCUT2D eigenvalue weighted by Crippen LogP contribution is -2.39. The maximum atomic E-state index is 12.9. The van der Waals surface area contributed by atoms with Crippen LogP contribution in [0.25, 0.3) is 0 Å². The molecule has 1 aromatic heterocycles. The Morgan fingerprint density at radius 1 is 1.33 bits per heavy atom. The Bertz CT molecular complexity index is 383. The van der Waals surface area contributed by atoms with Crippen LogP contribution in [0.5, 0.6) is 0 Å². The highest BCUT2D eigenvalue weighted by atomic mass is 19.1. The van der Waals surface area contributed by atoms with Gasteiger partial charge in [-0.15, -0.1) is 0 Å². The van der Waals surface area contributed by atoms with Gasteiger partial charge in [-0.05, 0) is 56.8 Å². The van der Waals surface area contributed by atoms with Gasteiger partial charge in [0.15, 0.2) is 0 Å². The fourth-order valence-corrected chi connectivity index (χ4v) is 2.71. The van der Waals surface area contributed by atoms with Crippen LogP contribution in [0.1, 0.15) is 25.7 Å². The Morgan fingerprint density at radius 2 is 2.22 bits per heavy atom. The fourth-order valence-electron chi connectivity index (χ4n) is 2.71. The molecule has 2 fully saturated rings. The molecule has 0 aromatic carbocycles. The Labute approximate surface area is 107 Å². The van der Waals surface area contributed by atoms with Gasteiger partial charge in [-0.3, -0.25) is 0 Å². The number of pyridine rings is 1. The molecular formula is C14H20FN3. The molecule has 1 aliphatic heterocycles. The Hall–Kier alpha value is -1.16. The molecule has 1 atom stereocenters. The molecule has 1 aromatic rings. The Kier molecular flexibility index (Phi) is 3.46. The lowest BCUT2D eigenvalue weighted by molar-refractivity contribution is 0.375. The summed E-state index contributed by atoms with van der Waals surface area (Å²) in [6.45, 7) is 3.30. The van der Waals surface area contributed by atoms with Gasteiger partial charge < -0.3 is 10.2 Å². The Morgan fingerprint density at radius 3 is 2.83 bits per heavy atom. The van der Waals surface area contributed by atoms with Gasteiger partial charge in [0.25, 0.3) is 0 Å². The van der Waals surface area contributed by atoms with E-state index < -0.39 is 0 Å². The SMILES string of the molecule is Fc1ccc(N(CC2CCCNC2)C2CC2)nc1. The standard InChI is InChI=1S/C14H20FN3/c15-12-3-6-14(17-9-12)18(13-4-5-13)10-11-2-1-7-16-8-11/h3,6,9,11,13,16H,1-2,4-5,7-8,10H2. The minimum atomic E-state index is -0.256. The van der Waals surface area contributed by atoms with Gasteiger partial charge in [-0.2, -0.15) is 0 Å². The third-order valence-corrected chi connectivity index (χ3v) is 3.85. The van der Waals surface area contributed by atoms with Crippen molar-refractivity contribution in [2.75, 3.05) is 24.5 Å². The van der Waals surface area contributed by atoms with E-state index in [2.05, 4.69) is 15.2 Å². The minimum absolute atomic E-state index is 0.256. The van der Waals surface area contributed by atoms with Crippen molar-refractivity contribution in [3.8, 4) is 0 Å². The van der Waals surface area contributed by atoms with Crippen LogP contribution in [-0.2, 0) is 0 Å². The van der Waals surface area contributed by atoms with E-state index in [-0.39, 0.29) is 5.82 Å². The van der Waals surface area contributed by atoms with E-state index in [0.717, 1.165) is 25.5 Å². The third kappa shape index (κ3) is 2.80. The largest absolute Gasteiger partial charge is 0.353 e. The molecule has 1 saturated carbocycles. The molecule has 2 heterocycles. The van der Waals surface area contributed by atoms with Crippen LogP contribution in [0.4, 0.5) is 10.2 Å². The molecule has 3 nitrogen and oxygen atoms in total. The first-order valence-electron chi connectivity index (χ1n) is 6.92. The molecule has 0 bridgehead atoms. The summed E-state index contributed by atoms with van der Waals surface area (Å²) in [4.78, 5) is 6.61. The summed E-state index contributed by atoms with van der Waals surface area (Å²) in [6.07, 6.45) is 6.37. The van der Waals surface area contributed by atoms with Gasteiger partial charge >= 0.3 is 0 Å². The molecule has 1 N–H and O–H groups in total. The summed E-state index contributed by atoms with van der Waals surface area (Å²) >= 11 is 0. The summed E-state index contributed by atoms with van der Waals surface area (Å²) in [6, 6.07) is 3.95.